The maximum Gasteiger partial charge on any atom is 0.0898 e. The van der Waals surface area contributed by atoms with E-state index in [-0.39, 0.29) is 0 Å². The van der Waals surface area contributed by atoms with Gasteiger partial charge in [-0.05, 0) is 25.7 Å². The molecule has 2 aliphatic carbocycles. The normalized spacial score (nSPS) is 20.1. The smallest absolute Gasteiger partial charge is 0.0898 e. The lowest BCUT2D eigenvalue weighted by atomic mass is 9.96. The summed E-state index contributed by atoms with van der Waals surface area (Å²) in [4.78, 5) is 8.92. The molecule has 0 unspecified atom stereocenters. The maximum absolute atomic E-state index is 4.66. The molecule has 0 aromatic carbocycles. The van der Waals surface area contributed by atoms with E-state index in [0.717, 1.165) is 0 Å². The van der Waals surface area contributed by atoms with Gasteiger partial charge in [0.05, 0.1) is 31.3 Å². The van der Waals surface area contributed by atoms with Crippen molar-refractivity contribution < 1.29 is 9.47 Å². The first-order valence-corrected chi connectivity index (χ1v) is 8.49. The molecule has 0 aromatic heterocycles. The van der Waals surface area contributed by atoms with Crippen molar-refractivity contribution in [3.63, 3.8) is 0 Å². The van der Waals surface area contributed by atoms with E-state index in [9.17, 15) is 0 Å². The number of rotatable bonds is 5. The molecule has 0 bridgehead atoms. The summed E-state index contributed by atoms with van der Waals surface area (Å²) in [5, 5.41) is 0. The second-order valence-electron chi connectivity index (χ2n) is 5.93. The Morgan fingerprint density at radius 2 is 1.10 bits per heavy atom. The van der Waals surface area contributed by atoms with Crippen molar-refractivity contribution >= 4 is 6.01 Å². The summed E-state index contributed by atoms with van der Waals surface area (Å²) < 4.78 is 9.31. The molecule has 2 aliphatic rings. The summed E-state index contributed by atoms with van der Waals surface area (Å²) in [5.41, 5.74) is 0. The highest BCUT2D eigenvalue weighted by molar-refractivity contribution is 5.42. The van der Waals surface area contributed by atoms with E-state index in [2.05, 4.69) is 25.5 Å². The Labute approximate surface area is 130 Å². The summed E-state index contributed by atoms with van der Waals surface area (Å²) in [6.45, 7) is 1.38. The highest BCUT2D eigenvalue weighted by Crippen LogP contribution is 2.21. The van der Waals surface area contributed by atoms with Crippen LogP contribution in [-0.4, -0.2) is 45.5 Å². The Morgan fingerprint density at radius 3 is 1.43 bits per heavy atom. The highest BCUT2D eigenvalue weighted by atomic mass is 16.5. The van der Waals surface area contributed by atoms with Crippen molar-refractivity contribution in [1.82, 2.24) is 0 Å². The summed E-state index contributed by atoms with van der Waals surface area (Å²) in [6.07, 6.45) is 13.2. The quantitative estimate of drug-likeness (QED) is 0.566. The fraction of sp³-hybridized carbons (Fsp3) is 0.941. The Kier molecular flexibility index (Phi) is 11.4. The van der Waals surface area contributed by atoms with E-state index in [4.69, 9.17) is 0 Å². The van der Waals surface area contributed by atoms with E-state index in [0.29, 0.717) is 25.3 Å². The average molecular weight is 296 g/mol. The molecule has 0 radical (unpaired) electrons. The van der Waals surface area contributed by atoms with Crippen molar-refractivity contribution in [2.24, 2.45) is 9.98 Å². The molecule has 0 N–H and O–H groups in total. The van der Waals surface area contributed by atoms with Crippen molar-refractivity contribution in [3.8, 4) is 0 Å². The van der Waals surface area contributed by atoms with Crippen LogP contribution in [0.5, 0.6) is 0 Å². The molecule has 0 amide bonds. The van der Waals surface area contributed by atoms with Gasteiger partial charge >= 0.3 is 0 Å². The lowest BCUT2D eigenvalue weighted by Crippen LogP contribution is -2.10. The molecular weight excluding hydrogens is 264 g/mol. The molecule has 4 nitrogen and oxygen atoms in total. The summed E-state index contributed by atoms with van der Waals surface area (Å²) in [7, 11) is 3.30. The Hall–Kier alpha value is -0.700. The summed E-state index contributed by atoms with van der Waals surface area (Å²) in [6, 6.07) is 4.04. The average Bonchev–Trinajstić information content (AvgIpc) is 2.55. The number of nitrogens with zero attached hydrogens (tertiary/aromatic N) is 2. The molecule has 0 aliphatic heterocycles. The minimum absolute atomic E-state index is 0.533. The second-order valence-corrected chi connectivity index (χ2v) is 5.93. The zero-order chi connectivity index (χ0) is 15.2. The van der Waals surface area contributed by atoms with Gasteiger partial charge in [-0.15, -0.1) is 0 Å². The van der Waals surface area contributed by atoms with Gasteiger partial charge in [-0.2, -0.15) is 0 Å². The Balaban J connectivity index is 0.000000315. The molecule has 21 heavy (non-hydrogen) atoms. The minimum atomic E-state index is 0.533. The molecule has 0 saturated heterocycles. The van der Waals surface area contributed by atoms with E-state index in [1.165, 1.54) is 64.2 Å². The maximum atomic E-state index is 4.66. The first-order valence-electron chi connectivity index (χ1n) is 8.49. The van der Waals surface area contributed by atoms with Gasteiger partial charge in [0.15, 0.2) is 0 Å². The van der Waals surface area contributed by atoms with Gasteiger partial charge in [-0.25, -0.2) is 9.98 Å². The van der Waals surface area contributed by atoms with E-state index >= 15 is 0 Å². The van der Waals surface area contributed by atoms with E-state index in [1.54, 1.807) is 14.2 Å². The van der Waals surface area contributed by atoms with Crippen LogP contribution in [-0.2, 0) is 9.47 Å². The van der Waals surface area contributed by atoms with Crippen LogP contribution < -0.4 is 0 Å². The van der Waals surface area contributed by atoms with Crippen molar-refractivity contribution in [1.29, 1.82) is 0 Å². The Bertz CT molecular complexity index is 263. The van der Waals surface area contributed by atoms with Crippen LogP contribution in [0.1, 0.15) is 64.2 Å². The minimum Gasteiger partial charge on any atom is -0.382 e. The van der Waals surface area contributed by atoms with Gasteiger partial charge in [-0.3, -0.25) is 0 Å². The highest BCUT2D eigenvalue weighted by Gasteiger charge is 2.12. The molecule has 0 aromatic rings. The van der Waals surface area contributed by atoms with Crippen LogP contribution in [0.3, 0.4) is 0 Å². The van der Waals surface area contributed by atoms with Gasteiger partial charge in [-0.1, -0.05) is 38.5 Å². The molecule has 2 rings (SSSR count). The Morgan fingerprint density at radius 1 is 0.714 bits per heavy atom. The standard InChI is InChI=1S/C13H22N2.C4H10O2/c1-3-7-12(8-4-1)14-11-15-13-9-5-2-6-10-13;1-5-3-4-6-2/h12-13H,1-10H2;3-4H2,1-2H3. The lowest BCUT2D eigenvalue weighted by Gasteiger charge is -2.17. The summed E-state index contributed by atoms with van der Waals surface area (Å²) >= 11 is 0. The fourth-order valence-corrected chi connectivity index (χ4v) is 2.78. The van der Waals surface area contributed by atoms with Crippen molar-refractivity contribution in [2.45, 2.75) is 76.3 Å². The second kappa shape index (κ2) is 13.0. The molecule has 2 saturated carbocycles. The number of hydrogen-bond acceptors (Lipinski definition) is 4. The van der Waals surface area contributed by atoms with Crippen LogP contribution in [0.15, 0.2) is 9.98 Å². The van der Waals surface area contributed by atoms with Crippen LogP contribution in [0.2, 0.25) is 0 Å². The van der Waals surface area contributed by atoms with Gasteiger partial charge in [0.25, 0.3) is 0 Å². The molecular formula is C17H32N2O2. The third-order valence-corrected chi connectivity index (χ3v) is 4.12. The molecule has 2 fully saturated rings. The van der Waals surface area contributed by atoms with Gasteiger partial charge in [0.1, 0.15) is 0 Å². The van der Waals surface area contributed by atoms with Crippen molar-refractivity contribution in [3.05, 3.63) is 0 Å². The van der Waals surface area contributed by atoms with Gasteiger partial charge in [0.2, 0.25) is 0 Å². The van der Waals surface area contributed by atoms with E-state index < -0.39 is 0 Å². The van der Waals surface area contributed by atoms with Gasteiger partial charge in [0, 0.05) is 14.2 Å². The first kappa shape index (κ1) is 18.3. The van der Waals surface area contributed by atoms with E-state index in [1.807, 2.05) is 0 Å². The largest absolute Gasteiger partial charge is 0.382 e. The topological polar surface area (TPSA) is 43.2 Å². The predicted molar refractivity (Wildman–Crippen MR) is 87.4 cm³/mol. The van der Waals surface area contributed by atoms with Crippen LogP contribution >= 0.6 is 0 Å². The number of aliphatic imine (C=N–C) groups is 2. The van der Waals surface area contributed by atoms with Crippen molar-refractivity contribution in [2.75, 3.05) is 27.4 Å². The first-order chi connectivity index (χ1) is 10.4. The lowest BCUT2D eigenvalue weighted by molar-refractivity contribution is 0.103. The molecule has 0 atom stereocenters. The summed E-state index contributed by atoms with van der Waals surface area (Å²) in [5.74, 6) is 0. The van der Waals surface area contributed by atoms with Crippen LogP contribution in [0.25, 0.3) is 0 Å². The van der Waals surface area contributed by atoms with Crippen LogP contribution in [0, 0.1) is 0 Å². The molecule has 122 valence electrons. The zero-order valence-corrected chi connectivity index (χ0v) is 13.9. The number of ether oxygens (including phenoxy) is 2. The molecule has 0 heterocycles. The SMILES string of the molecule is C(=NC1CCCCC1)=NC1CCCCC1.COCCOC. The monoisotopic (exact) mass is 296 g/mol. The zero-order valence-electron chi connectivity index (χ0n) is 13.9. The third kappa shape index (κ3) is 9.78. The number of hydrogen-bond donors (Lipinski definition) is 0. The number of methoxy groups -OCH3 is 2. The predicted octanol–water partition coefficient (Wildman–Crippen LogP) is 4.10. The fourth-order valence-electron chi connectivity index (χ4n) is 2.78. The van der Waals surface area contributed by atoms with Gasteiger partial charge < -0.3 is 9.47 Å². The molecule has 0 spiro atoms. The third-order valence-electron chi connectivity index (χ3n) is 4.12. The van der Waals surface area contributed by atoms with Crippen LogP contribution in [0.4, 0.5) is 0 Å². The molecule has 4 heteroatoms.